The predicted molar refractivity (Wildman–Crippen MR) is 91.0 cm³/mol. The molecule has 15 heteroatoms. The van der Waals surface area contributed by atoms with Crippen LogP contribution in [0.2, 0.25) is 0 Å². The summed E-state index contributed by atoms with van der Waals surface area (Å²) in [5.74, 6) is -3.48. The zero-order chi connectivity index (χ0) is 22.4. The van der Waals surface area contributed by atoms with Crippen LogP contribution in [0.15, 0.2) is 0 Å². The summed E-state index contributed by atoms with van der Waals surface area (Å²) >= 11 is 0. The van der Waals surface area contributed by atoms with Crippen molar-refractivity contribution in [1.29, 1.82) is 0 Å². The van der Waals surface area contributed by atoms with Crippen molar-refractivity contribution >= 4 is 5.97 Å². The fourth-order valence-electron chi connectivity index (χ4n) is 3.19. The molecular weight excluding hydrogens is 400 g/mol. The lowest BCUT2D eigenvalue weighted by atomic mass is 9.69. The summed E-state index contributed by atoms with van der Waals surface area (Å²) in [7, 11) is 0. The smallest absolute Gasteiger partial charge is 0.327 e. The molecule has 0 radical (unpaired) electrons. The molecule has 3 unspecified atom stereocenters. The molecule has 0 saturated carbocycles. The third-order valence-electron chi connectivity index (χ3n) is 4.87. The zero-order valence-corrected chi connectivity index (χ0v) is 16.4. The number of hydrogen-bond acceptors (Lipinski definition) is 12. The second-order valence-electron chi connectivity index (χ2n) is 7.37. The van der Waals surface area contributed by atoms with Crippen LogP contribution in [0.4, 0.5) is 0 Å². The van der Waals surface area contributed by atoms with Crippen molar-refractivity contribution in [3.8, 4) is 0 Å². The van der Waals surface area contributed by atoms with E-state index in [1.54, 1.807) is 27.7 Å². The lowest BCUT2D eigenvalue weighted by molar-refractivity contribution is -0.767. The molecule has 0 bridgehead atoms. The topological polar surface area (TPSA) is 187 Å². The molecule has 166 valence electrons. The van der Waals surface area contributed by atoms with E-state index in [1.165, 1.54) is 5.06 Å². The van der Waals surface area contributed by atoms with Gasteiger partial charge >= 0.3 is 5.97 Å². The maximum Gasteiger partial charge on any atom is 0.327 e. The van der Waals surface area contributed by atoms with E-state index in [0.29, 0.717) is 0 Å². The van der Waals surface area contributed by atoms with Crippen LogP contribution < -0.4 is 0 Å². The minimum absolute atomic E-state index is 0.0694. The molecule has 1 saturated heterocycles. The first kappa shape index (κ1) is 24.1. The van der Waals surface area contributed by atoms with Crippen LogP contribution in [-0.2, 0) is 24.1 Å². The summed E-state index contributed by atoms with van der Waals surface area (Å²) in [6.07, 6.45) is 0. The molecule has 0 aliphatic carbocycles. The quantitative estimate of drug-likeness (QED) is 0.333. The SMILES string of the molecule is CC(C)C(=O)ON1CC(CO[N+](=O)[O-])C(CO[N+](=O)[O-])C(CO[N+](=O)[O-])C1(C)C. The summed E-state index contributed by atoms with van der Waals surface area (Å²) < 4.78 is 0. The van der Waals surface area contributed by atoms with Gasteiger partial charge in [0.15, 0.2) is 0 Å². The third kappa shape index (κ3) is 6.85. The lowest BCUT2D eigenvalue weighted by Gasteiger charge is -2.52. The van der Waals surface area contributed by atoms with Gasteiger partial charge in [-0.3, -0.25) is 4.79 Å². The van der Waals surface area contributed by atoms with Crippen molar-refractivity contribution in [2.24, 2.45) is 23.7 Å². The van der Waals surface area contributed by atoms with Crippen molar-refractivity contribution in [1.82, 2.24) is 5.06 Å². The fourth-order valence-corrected chi connectivity index (χ4v) is 3.19. The van der Waals surface area contributed by atoms with E-state index < -0.39 is 70.3 Å². The van der Waals surface area contributed by atoms with Crippen LogP contribution in [0, 0.1) is 54.0 Å². The Morgan fingerprint density at radius 1 is 1.00 bits per heavy atom. The average molecular weight is 424 g/mol. The van der Waals surface area contributed by atoms with Gasteiger partial charge in [0.25, 0.3) is 15.3 Å². The summed E-state index contributed by atoms with van der Waals surface area (Å²) in [6.45, 7) is 4.87. The molecule has 1 rings (SSSR count). The number of hydrogen-bond donors (Lipinski definition) is 0. The normalized spacial score (nSPS) is 23.8. The second-order valence-corrected chi connectivity index (χ2v) is 7.37. The molecule has 0 amide bonds. The van der Waals surface area contributed by atoms with Gasteiger partial charge in [-0.25, -0.2) is 0 Å². The number of piperidine rings is 1. The van der Waals surface area contributed by atoms with E-state index in [4.69, 9.17) is 4.84 Å². The molecular formula is C14H24N4O11. The van der Waals surface area contributed by atoms with Gasteiger partial charge in [-0.1, -0.05) is 13.8 Å². The van der Waals surface area contributed by atoms with Crippen LogP contribution >= 0.6 is 0 Å². The number of carbonyl (C=O) groups is 1. The number of carbonyl (C=O) groups excluding carboxylic acids is 1. The molecule has 0 spiro atoms. The molecule has 1 fully saturated rings. The highest BCUT2D eigenvalue weighted by Crippen LogP contribution is 2.41. The van der Waals surface area contributed by atoms with Crippen LogP contribution in [0.1, 0.15) is 27.7 Å². The Bertz CT molecular complexity index is 627. The number of hydroxylamine groups is 2. The predicted octanol–water partition coefficient (Wildman–Crippen LogP) is 0.668. The van der Waals surface area contributed by atoms with Crippen molar-refractivity contribution in [3.05, 3.63) is 30.3 Å². The molecule has 0 aromatic carbocycles. The van der Waals surface area contributed by atoms with Gasteiger partial charge in [0.1, 0.15) is 19.8 Å². The molecule has 0 aromatic rings. The van der Waals surface area contributed by atoms with Crippen LogP contribution in [0.5, 0.6) is 0 Å². The summed E-state index contributed by atoms with van der Waals surface area (Å²) in [5.41, 5.74) is -1.07. The van der Waals surface area contributed by atoms with E-state index in [0.717, 1.165) is 0 Å². The van der Waals surface area contributed by atoms with Crippen LogP contribution in [0.3, 0.4) is 0 Å². The summed E-state index contributed by atoms with van der Waals surface area (Å²) in [4.78, 5) is 62.8. The highest BCUT2D eigenvalue weighted by Gasteiger charge is 2.51. The molecule has 29 heavy (non-hydrogen) atoms. The van der Waals surface area contributed by atoms with Gasteiger partial charge in [-0.2, -0.15) is 0 Å². The van der Waals surface area contributed by atoms with Crippen LogP contribution in [0.25, 0.3) is 0 Å². The zero-order valence-electron chi connectivity index (χ0n) is 16.4. The first-order chi connectivity index (χ1) is 13.4. The maximum atomic E-state index is 12.1. The van der Waals surface area contributed by atoms with Crippen LogP contribution in [-0.4, -0.2) is 58.2 Å². The second kappa shape index (κ2) is 9.99. The Balaban J connectivity index is 3.23. The van der Waals surface area contributed by atoms with Gasteiger partial charge in [-0.15, -0.1) is 35.4 Å². The standard InChI is InChI=1S/C14H24N4O11/c1-9(2)13(19)29-15-5-10(6-26-16(20)21)11(7-27-17(22)23)12(14(15,3)4)8-28-18(24)25/h9-12H,5-8H2,1-4H3. The van der Waals surface area contributed by atoms with E-state index in [2.05, 4.69) is 14.5 Å². The van der Waals surface area contributed by atoms with E-state index in [9.17, 15) is 35.1 Å². The molecule has 0 N–H and O–H groups in total. The van der Waals surface area contributed by atoms with Gasteiger partial charge in [0.05, 0.1) is 11.5 Å². The maximum absolute atomic E-state index is 12.1. The van der Waals surface area contributed by atoms with Gasteiger partial charge in [0, 0.05) is 18.4 Å². The van der Waals surface area contributed by atoms with Crippen molar-refractivity contribution in [2.45, 2.75) is 33.2 Å². The highest BCUT2D eigenvalue weighted by atomic mass is 17.0. The Kier molecular flexibility index (Phi) is 8.29. The van der Waals surface area contributed by atoms with Crippen molar-refractivity contribution in [3.63, 3.8) is 0 Å². The minimum atomic E-state index is -1.07. The monoisotopic (exact) mass is 424 g/mol. The average Bonchev–Trinajstić information content (AvgIpc) is 2.58. The Morgan fingerprint density at radius 2 is 1.48 bits per heavy atom. The minimum Gasteiger partial charge on any atom is -0.367 e. The van der Waals surface area contributed by atoms with E-state index in [-0.39, 0.29) is 6.54 Å². The Morgan fingerprint density at radius 3 is 1.97 bits per heavy atom. The largest absolute Gasteiger partial charge is 0.367 e. The Labute approximate surface area is 165 Å². The van der Waals surface area contributed by atoms with E-state index in [1.807, 2.05) is 0 Å². The lowest BCUT2D eigenvalue weighted by Crippen LogP contribution is -2.63. The highest BCUT2D eigenvalue weighted by molar-refractivity contribution is 5.71. The van der Waals surface area contributed by atoms with Gasteiger partial charge < -0.3 is 19.4 Å². The number of nitrogens with zero attached hydrogens (tertiary/aromatic N) is 4. The first-order valence-electron chi connectivity index (χ1n) is 8.67. The Hall–Kier alpha value is -2.97. The molecule has 1 heterocycles. The number of rotatable bonds is 11. The molecule has 3 atom stereocenters. The molecule has 1 aliphatic heterocycles. The van der Waals surface area contributed by atoms with Crippen molar-refractivity contribution in [2.75, 3.05) is 26.4 Å². The molecule has 15 nitrogen and oxygen atoms in total. The first-order valence-corrected chi connectivity index (χ1v) is 8.67. The molecule has 1 aliphatic rings. The van der Waals surface area contributed by atoms with Gasteiger partial charge in [-0.05, 0) is 19.8 Å². The molecule has 0 aromatic heterocycles. The fraction of sp³-hybridized carbons (Fsp3) is 0.929. The van der Waals surface area contributed by atoms with E-state index >= 15 is 0 Å². The summed E-state index contributed by atoms with van der Waals surface area (Å²) in [5, 5.41) is 30.1. The third-order valence-corrected chi connectivity index (χ3v) is 4.87. The summed E-state index contributed by atoms with van der Waals surface area (Å²) in [6, 6.07) is 0. The van der Waals surface area contributed by atoms with Crippen molar-refractivity contribution < 1.29 is 39.4 Å². The van der Waals surface area contributed by atoms with Gasteiger partial charge in [0.2, 0.25) is 0 Å².